The van der Waals surface area contributed by atoms with Crippen LogP contribution in [-0.4, -0.2) is 17.4 Å². The van der Waals surface area contributed by atoms with Crippen molar-refractivity contribution in [1.29, 1.82) is 0 Å². The van der Waals surface area contributed by atoms with E-state index in [1.54, 1.807) is 13.0 Å². The van der Waals surface area contributed by atoms with E-state index in [4.69, 9.17) is 4.74 Å². The molecule has 2 rings (SSSR count). The molecule has 1 amide bonds. The molecule has 1 N–H and O–H groups in total. The van der Waals surface area contributed by atoms with Gasteiger partial charge in [0.15, 0.2) is 12.4 Å². The van der Waals surface area contributed by atoms with E-state index in [0.717, 1.165) is 17.7 Å². The number of hydrogen-bond donors (Lipinski definition) is 1. The van der Waals surface area contributed by atoms with Crippen LogP contribution in [0.4, 0.5) is 20.2 Å². The number of carbonyl (C=O) groups excluding carboxylic acids is 1. The van der Waals surface area contributed by atoms with Crippen LogP contribution < -0.4 is 10.1 Å². The molecule has 0 aliphatic heterocycles. The van der Waals surface area contributed by atoms with E-state index in [0.29, 0.717) is 6.07 Å². The zero-order chi connectivity index (χ0) is 17.0. The standard InChI is InChI=1S/C15H12F2N2O4/c1-9-2-5-13(19(21)22)14(6-9)23-8-15(20)18-12-4-3-10(16)7-11(12)17/h2-7H,8H2,1H3,(H,18,20). The number of carbonyl (C=O) groups is 1. The van der Waals surface area contributed by atoms with Gasteiger partial charge < -0.3 is 10.1 Å². The van der Waals surface area contributed by atoms with Crippen molar-refractivity contribution in [3.05, 3.63) is 63.7 Å². The molecule has 0 aromatic heterocycles. The molecule has 0 unspecified atom stereocenters. The Morgan fingerprint density at radius 3 is 2.65 bits per heavy atom. The van der Waals surface area contributed by atoms with E-state index in [1.165, 1.54) is 12.1 Å². The minimum Gasteiger partial charge on any atom is -0.477 e. The van der Waals surface area contributed by atoms with E-state index >= 15 is 0 Å². The zero-order valence-electron chi connectivity index (χ0n) is 12.0. The molecule has 23 heavy (non-hydrogen) atoms. The van der Waals surface area contributed by atoms with Gasteiger partial charge >= 0.3 is 5.69 Å². The molecule has 0 aliphatic carbocycles. The first-order valence-electron chi connectivity index (χ1n) is 6.49. The largest absolute Gasteiger partial charge is 0.477 e. The van der Waals surface area contributed by atoms with Crippen molar-refractivity contribution in [2.24, 2.45) is 0 Å². The van der Waals surface area contributed by atoms with Gasteiger partial charge in [-0.25, -0.2) is 8.78 Å². The first-order chi connectivity index (χ1) is 10.9. The van der Waals surface area contributed by atoms with Crippen molar-refractivity contribution >= 4 is 17.3 Å². The SMILES string of the molecule is Cc1ccc([N+](=O)[O-])c(OCC(=O)Nc2ccc(F)cc2F)c1. The fraction of sp³-hybridized carbons (Fsp3) is 0.133. The van der Waals surface area contributed by atoms with Crippen molar-refractivity contribution in [2.75, 3.05) is 11.9 Å². The lowest BCUT2D eigenvalue weighted by Crippen LogP contribution is -2.21. The van der Waals surface area contributed by atoms with Crippen molar-refractivity contribution in [1.82, 2.24) is 0 Å². The van der Waals surface area contributed by atoms with Gasteiger partial charge in [0.2, 0.25) is 0 Å². The summed E-state index contributed by atoms with van der Waals surface area (Å²) in [5, 5.41) is 13.1. The highest BCUT2D eigenvalue weighted by atomic mass is 19.1. The lowest BCUT2D eigenvalue weighted by molar-refractivity contribution is -0.385. The molecule has 120 valence electrons. The van der Waals surface area contributed by atoms with E-state index in [-0.39, 0.29) is 17.1 Å². The topological polar surface area (TPSA) is 81.5 Å². The fourth-order valence-corrected chi connectivity index (χ4v) is 1.81. The Morgan fingerprint density at radius 1 is 1.26 bits per heavy atom. The number of halogens is 2. The zero-order valence-corrected chi connectivity index (χ0v) is 12.0. The number of nitro benzene ring substituents is 1. The molecule has 0 spiro atoms. The number of rotatable bonds is 5. The second-order valence-corrected chi connectivity index (χ2v) is 4.69. The average molecular weight is 322 g/mol. The number of aryl methyl sites for hydroxylation is 1. The minimum atomic E-state index is -0.931. The minimum absolute atomic E-state index is 0.0651. The van der Waals surface area contributed by atoms with Crippen LogP contribution in [0.1, 0.15) is 5.56 Å². The molecular weight excluding hydrogens is 310 g/mol. The van der Waals surface area contributed by atoms with Crippen LogP contribution in [0, 0.1) is 28.7 Å². The van der Waals surface area contributed by atoms with Crippen LogP contribution in [0.25, 0.3) is 0 Å². The number of anilines is 1. The quantitative estimate of drug-likeness (QED) is 0.677. The summed E-state index contributed by atoms with van der Waals surface area (Å²) >= 11 is 0. The Hall–Kier alpha value is -3.03. The summed E-state index contributed by atoms with van der Waals surface area (Å²) in [6.07, 6.45) is 0. The number of amides is 1. The van der Waals surface area contributed by atoms with Gasteiger partial charge in [0.25, 0.3) is 5.91 Å². The lowest BCUT2D eigenvalue weighted by Gasteiger charge is -2.09. The van der Waals surface area contributed by atoms with E-state index < -0.39 is 29.1 Å². The van der Waals surface area contributed by atoms with Crippen molar-refractivity contribution in [3.8, 4) is 5.75 Å². The maximum absolute atomic E-state index is 13.4. The average Bonchev–Trinajstić information content (AvgIpc) is 2.48. The summed E-state index contributed by atoms with van der Waals surface area (Å²) in [5.74, 6) is -2.50. The Labute approximate surface area is 129 Å². The van der Waals surface area contributed by atoms with Crippen LogP contribution in [-0.2, 0) is 4.79 Å². The third kappa shape index (κ3) is 4.22. The molecule has 0 fully saturated rings. The fourth-order valence-electron chi connectivity index (χ4n) is 1.81. The maximum atomic E-state index is 13.4. The molecule has 0 aliphatic rings. The van der Waals surface area contributed by atoms with Crippen LogP contribution in [0.5, 0.6) is 5.75 Å². The molecule has 2 aromatic carbocycles. The van der Waals surface area contributed by atoms with Crippen molar-refractivity contribution < 1.29 is 23.2 Å². The summed E-state index contributed by atoms with van der Waals surface area (Å²) in [5.41, 5.74) is 0.227. The monoisotopic (exact) mass is 322 g/mol. The summed E-state index contributed by atoms with van der Waals surface area (Å²) in [4.78, 5) is 22.0. The van der Waals surface area contributed by atoms with Gasteiger partial charge in [0, 0.05) is 12.1 Å². The molecule has 0 atom stereocenters. The third-order valence-electron chi connectivity index (χ3n) is 2.88. The summed E-state index contributed by atoms with van der Waals surface area (Å²) in [6.45, 7) is 1.16. The summed E-state index contributed by atoms with van der Waals surface area (Å²) in [7, 11) is 0. The maximum Gasteiger partial charge on any atom is 0.310 e. The Kier molecular flexibility index (Phi) is 4.85. The Morgan fingerprint density at radius 2 is 2.00 bits per heavy atom. The smallest absolute Gasteiger partial charge is 0.310 e. The number of benzene rings is 2. The molecule has 0 radical (unpaired) electrons. The van der Waals surface area contributed by atoms with Crippen LogP contribution in [0.15, 0.2) is 36.4 Å². The van der Waals surface area contributed by atoms with Gasteiger partial charge in [-0.3, -0.25) is 14.9 Å². The number of nitrogens with one attached hydrogen (secondary N) is 1. The molecule has 0 saturated carbocycles. The first kappa shape index (κ1) is 16.3. The number of nitrogens with zero attached hydrogens (tertiary/aromatic N) is 1. The molecule has 6 nitrogen and oxygen atoms in total. The normalized spacial score (nSPS) is 10.2. The first-order valence-corrected chi connectivity index (χ1v) is 6.49. The molecular formula is C15H12F2N2O4. The second kappa shape index (κ2) is 6.82. The van der Waals surface area contributed by atoms with Crippen LogP contribution in [0.2, 0.25) is 0 Å². The van der Waals surface area contributed by atoms with Gasteiger partial charge in [-0.1, -0.05) is 6.07 Å². The number of hydrogen-bond acceptors (Lipinski definition) is 4. The van der Waals surface area contributed by atoms with Crippen LogP contribution in [0.3, 0.4) is 0 Å². The number of nitro groups is 1. The lowest BCUT2D eigenvalue weighted by atomic mass is 10.2. The van der Waals surface area contributed by atoms with Gasteiger partial charge in [-0.2, -0.15) is 0 Å². The van der Waals surface area contributed by atoms with Crippen molar-refractivity contribution in [2.45, 2.75) is 6.92 Å². The third-order valence-corrected chi connectivity index (χ3v) is 2.88. The highest BCUT2D eigenvalue weighted by Crippen LogP contribution is 2.27. The van der Waals surface area contributed by atoms with Crippen molar-refractivity contribution in [3.63, 3.8) is 0 Å². The number of ether oxygens (including phenoxy) is 1. The van der Waals surface area contributed by atoms with Gasteiger partial charge in [0.05, 0.1) is 10.6 Å². The highest BCUT2D eigenvalue weighted by Gasteiger charge is 2.16. The Bertz CT molecular complexity index is 765. The van der Waals surface area contributed by atoms with Gasteiger partial charge in [-0.15, -0.1) is 0 Å². The van der Waals surface area contributed by atoms with Gasteiger partial charge in [-0.05, 0) is 30.7 Å². The summed E-state index contributed by atoms with van der Waals surface area (Å²) < 4.78 is 31.3. The molecule has 0 bridgehead atoms. The molecule has 0 heterocycles. The second-order valence-electron chi connectivity index (χ2n) is 4.69. The predicted octanol–water partition coefficient (Wildman–Crippen LogP) is 3.20. The predicted molar refractivity (Wildman–Crippen MR) is 78.3 cm³/mol. The Balaban J connectivity index is 2.05. The highest BCUT2D eigenvalue weighted by molar-refractivity contribution is 5.92. The molecule has 2 aromatic rings. The summed E-state index contributed by atoms with van der Waals surface area (Å²) in [6, 6.07) is 6.91. The van der Waals surface area contributed by atoms with Crippen LogP contribution >= 0.6 is 0 Å². The van der Waals surface area contributed by atoms with Gasteiger partial charge in [0.1, 0.15) is 11.6 Å². The molecule has 0 saturated heterocycles. The molecule has 8 heteroatoms. The van der Waals surface area contributed by atoms with E-state index in [2.05, 4.69) is 5.32 Å². The van der Waals surface area contributed by atoms with E-state index in [9.17, 15) is 23.7 Å². The van der Waals surface area contributed by atoms with E-state index in [1.807, 2.05) is 0 Å².